The number of nitrogens with one attached hydrogen (secondary N) is 1. The lowest BCUT2D eigenvalue weighted by molar-refractivity contribution is 0.0953. The van der Waals surface area contributed by atoms with Crippen molar-refractivity contribution in [1.82, 2.24) is 15.5 Å². The normalized spacial score (nSPS) is 10.6. The zero-order valence-corrected chi connectivity index (χ0v) is 16.5. The molecule has 0 spiro atoms. The van der Waals surface area contributed by atoms with E-state index in [1.165, 1.54) is 0 Å². The second kappa shape index (κ2) is 9.05. The first-order valence-electron chi connectivity index (χ1n) is 9.63. The molecule has 0 aliphatic rings. The van der Waals surface area contributed by atoms with Crippen LogP contribution in [0.15, 0.2) is 83.4 Å². The fourth-order valence-electron chi connectivity index (χ4n) is 3.04. The van der Waals surface area contributed by atoms with Gasteiger partial charge in [-0.05, 0) is 47.5 Å². The lowest BCUT2D eigenvalue weighted by atomic mass is 10.0. The van der Waals surface area contributed by atoms with E-state index >= 15 is 0 Å². The molecule has 1 heterocycles. The van der Waals surface area contributed by atoms with Gasteiger partial charge in [-0.15, -0.1) is 0 Å². The van der Waals surface area contributed by atoms with Crippen molar-refractivity contribution < 1.29 is 14.1 Å². The third-order valence-corrected chi connectivity index (χ3v) is 4.69. The van der Waals surface area contributed by atoms with E-state index in [-0.39, 0.29) is 5.91 Å². The van der Waals surface area contributed by atoms with Crippen LogP contribution in [-0.4, -0.2) is 29.7 Å². The number of benzene rings is 3. The molecule has 0 saturated carbocycles. The average molecular weight is 399 g/mol. The Morgan fingerprint density at radius 2 is 1.57 bits per heavy atom. The number of aromatic nitrogens is 2. The molecule has 1 amide bonds. The van der Waals surface area contributed by atoms with Gasteiger partial charge in [0.05, 0.1) is 7.11 Å². The maximum Gasteiger partial charge on any atom is 0.251 e. The SMILES string of the molecule is COc1ccc(-c2noc(CCNC(=O)c3ccc(-c4ccccc4)cc3)n2)cc1. The highest BCUT2D eigenvalue weighted by Crippen LogP contribution is 2.20. The van der Waals surface area contributed by atoms with Gasteiger partial charge in [0, 0.05) is 24.1 Å². The third kappa shape index (κ3) is 4.55. The third-order valence-electron chi connectivity index (χ3n) is 4.69. The van der Waals surface area contributed by atoms with E-state index in [9.17, 15) is 4.79 Å². The topological polar surface area (TPSA) is 77.3 Å². The highest BCUT2D eigenvalue weighted by Gasteiger charge is 2.10. The maximum absolute atomic E-state index is 12.4. The Morgan fingerprint density at radius 1 is 0.900 bits per heavy atom. The van der Waals surface area contributed by atoms with Crippen molar-refractivity contribution in [1.29, 1.82) is 0 Å². The van der Waals surface area contributed by atoms with E-state index in [2.05, 4.69) is 15.5 Å². The Bertz CT molecular complexity index is 1100. The smallest absolute Gasteiger partial charge is 0.251 e. The van der Waals surface area contributed by atoms with Crippen LogP contribution in [0.25, 0.3) is 22.5 Å². The molecule has 0 atom stereocenters. The van der Waals surface area contributed by atoms with Gasteiger partial charge in [-0.2, -0.15) is 4.98 Å². The van der Waals surface area contributed by atoms with Gasteiger partial charge >= 0.3 is 0 Å². The summed E-state index contributed by atoms with van der Waals surface area (Å²) >= 11 is 0. The molecule has 30 heavy (non-hydrogen) atoms. The first kappa shape index (κ1) is 19.4. The lowest BCUT2D eigenvalue weighted by Crippen LogP contribution is -2.25. The molecule has 0 aliphatic heterocycles. The maximum atomic E-state index is 12.4. The monoisotopic (exact) mass is 399 g/mol. The van der Waals surface area contributed by atoms with Gasteiger partial charge in [-0.1, -0.05) is 47.6 Å². The minimum atomic E-state index is -0.135. The van der Waals surface area contributed by atoms with Gasteiger partial charge in [0.1, 0.15) is 5.75 Å². The molecule has 1 N–H and O–H groups in total. The van der Waals surface area contributed by atoms with Crippen molar-refractivity contribution in [2.75, 3.05) is 13.7 Å². The van der Waals surface area contributed by atoms with E-state index < -0.39 is 0 Å². The van der Waals surface area contributed by atoms with Crippen LogP contribution in [0.4, 0.5) is 0 Å². The number of carbonyl (C=O) groups excluding carboxylic acids is 1. The van der Waals surface area contributed by atoms with Crippen LogP contribution in [0, 0.1) is 0 Å². The zero-order valence-electron chi connectivity index (χ0n) is 16.5. The van der Waals surface area contributed by atoms with Crippen LogP contribution in [-0.2, 0) is 6.42 Å². The zero-order chi connectivity index (χ0) is 20.8. The van der Waals surface area contributed by atoms with Gasteiger partial charge < -0.3 is 14.6 Å². The summed E-state index contributed by atoms with van der Waals surface area (Å²) < 4.78 is 10.4. The largest absolute Gasteiger partial charge is 0.497 e. The minimum absolute atomic E-state index is 0.135. The van der Waals surface area contributed by atoms with Crippen LogP contribution in [0.1, 0.15) is 16.2 Å². The number of nitrogens with zero attached hydrogens (tertiary/aromatic N) is 2. The molecule has 0 radical (unpaired) electrons. The molecule has 6 heteroatoms. The molecule has 150 valence electrons. The first-order valence-corrected chi connectivity index (χ1v) is 9.63. The summed E-state index contributed by atoms with van der Waals surface area (Å²) in [6, 6.07) is 25.0. The number of hydrogen-bond donors (Lipinski definition) is 1. The molecule has 0 fully saturated rings. The fraction of sp³-hybridized carbons (Fsp3) is 0.125. The number of rotatable bonds is 7. The van der Waals surface area contributed by atoms with Crippen LogP contribution in [0.3, 0.4) is 0 Å². The number of carbonyl (C=O) groups is 1. The first-order chi connectivity index (χ1) is 14.7. The quantitative estimate of drug-likeness (QED) is 0.499. The van der Waals surface area contributed by atoms with Crippen molar-refractivity contribution >= 4 is 5.91 Å². The van der Waals surface area contributed by atoms with Crippen LogP contribution >= 0.6 is 0 Å². The van der Waals surface area contributed by atoms with Crippen LogP contribution in [0.2, 0.25) is 0 Å². The lowest BCUT2D eigenvalue weighted by Gasteiger charge is -2.05. The molecule has 1 aromatic heterocycles. The summed E-state index contributed by atoms with van der Waals surface area (Å²) in [7, 11) is 1.62. The Hall–Kier alpha value is -3.93. The molecule has 0 saturated heterocycles. The van der Waals surface area contributed by atoms with Crippen molar-refractivity contribution in [2.45, 2.75) is 6.42 Å². The van der Waals surface area contributed by atoms with Crippen LogP contribution < -0.4 is 10.1 Å². The summed E-state index contributed by atoms with van der Waals surface area (Å²) in [6.07, 6.45) is 0.455. The number of methoxy groups -OCH3 is 1. The minimum Gasteiger partial charge on any atom is -0.497 e. The molecule has 0 aliphatic carbocycles. The molecular formula is C24H21N3O3. The van der Waals surface area contributed by atoms with Gasteiger partial charge in [-0.25, -0.2) is 0 Å². The van der Waals surface area contributed by atoms with Crippen LogP contribution in [0.5, 0.6) is 5.75 Å². The van der Waals surface area contributed by atoms with Gasteiger partial charge in [0.15, 0.2) is 0 Å². The van der Waals surface area contributed by atoms with Gasteiger partial charge in [-0.3, -0.25) is 4.79 Å². The molecule has 0 bridgehead atoms. The van der Waals surface area contributed by atoms with E-state index in [0.717, 1.165) is 22.4 Å². The molecule has 4 aromatic rings. The predicted octanol–water partition coefficient (Wildman–Crippen LogP) is 4.38. The van der Waals surface area contributed by atoms with E-state index in [0.29, 0.717) is 30.2 Å². The fourth-order valence-corrected chi connectivity index (χ4v) is 3.04. The summed E-state index contributed by atoms with van der Waals surface area (Å²) in [6.45, 7) is 0.406. The Morgan fingerprint density at radius 3 is 2.27 bits per heavy atom. The highest BCUT2D eigenvalue weighted by molar-refractivity contribution is 5.94. The van der Waals surface area contributed by atoms with Crippen molar-refractivity contribution in [2.24, 2.45) is 0 Å². The second-order valence-corrected chi connectivity index (χ2v) is 6.69. The van der Waals surface area contributed by atoms with Gasteiger partial charge in [0.25, 0.3) is 5.91 Å². The van der Waals surface area contributed by atoms with E-state index in [4.69, 9.17) is 9.26 Å². The number of amides is 1. The molecule has 0 unspecified atom stereocenters. The highest BCUT2D eigenvalue weighted by atomic mass is 16.5. The second-order valence-electron chi connectivity index (χ2n) is 6.69. The van der Waals surface area contributed by atoms with E-state index in [1.807, 2.05) is 78.9 Å². The summed E-state index contributed by atoms with van der Waals surface area (Å²) in [5.74, 6) is 1.61. The number of ether oxygens (including phenoxy) is 1. The average Bonchev–Trinajstić information content (AvgIpc) is 3.29. The van der Waals surface area contributed by atoms with Crippen molar-refractivity contribution in [3.8, 4) is 28.3 Å². The summed E-state index contributed by atoms with van der Waals surface area (Å²) in [5.41, 5.74) is 3.64. The van der Waals surface area contributed by atoms with Crippen molar-refractivity contribution in [3.63, 3.8) is 0 Å². The van der Waals surface area contributed by atoms with Gasteiger partial charge in [0.2, 0.25) is 11.7 Å². The van der Waals surface area contributed by atoms with Crippen molar-refractivity contribution in [3.05, 3.63) is 90.3 Å². The molecule has 4 rings (SSSR count). The Balaban J connectivity index is 1.31. The summed E-state index contributed by atoms with van der Waals surface area (Å²) in [4.78, 5) is 16.8. The molecular weight excluding hydrogens is 378 g/mol. The molecule has 6 nitrogen and oxygen atoms in total. The predicted molar refractivity (Wildman–Crippen MR) is 114 cm³/mol. The molecule has 3 aromatic carbocycles. The number of hydrogen-bond acceptors (Lipinski definition) is 5. The summed E-state index contributed by atoms with van der Waals surface area (Å²) in [5, 5.41) is 6.88. The van der Waals surface area contributed by atoms with E-state index in [1.54, 1.807) is 7.11 Å². The Labute approximate surface area is 174 Å². The Kier molecular flexibility index (Phi) is 5.85. The standard InChI is InChI=1S/C24H21N3O3/c1-29-21-13-11-19(12-14-21)23-26-22(30-27-23)15-16-25-24(28)20-9-7-18(8-10-20)17-5-3-2-4-6-17/h2-14H,15-16H2,1H3,(H,25,28).